The number of nitrogens with two attached hydrogens (primary N) is 1. The van der Waals surface area contributed by atoms with E-state index in [0.29, 0.717) is 13.0 Å². The van der Waals surface area contributed by atoms with Crippen LogP contribution in [0, 0.1) is 0 Å². The molecule has 0 aliphatic rings. The lowest BCUT2D eigenvalue weighted by molar-refractivity contribution is -0.126. The summed E-state index contributed by atoms with van der Waals surface area (Å²) in [5, 5.41) is 2.90. The zero-order valence-electron chi connectivity index (χ0n) is 12.4. The molecule has 1 atom stereocenters. The average Bonchev–Trinajstić information content (AvgIpc) is 2.36. The second-order valence-corrected chi connectivity index (χ2v) is 5.41. The van der Waals surface area contributed by atoms with E-state index in [1.54, 1.807) is 6.92 Å². The van der Waals surface area contributed by atoms with Gasteiger partial charge in [0.25, 0.3) is 0 Å². The fourth-order valence-electron chi connectivity index (χ4n) is 1.93. The van der Waals surface area contributed by atoms with Crippen LogP contribution in [0.4, 0.5) is 5.69 Å². The maximum Gasteiger partial charge on any atom is 0.240 e. The molecule has 106 valence electrons. The molecule has 0 radical (unpaired) electrons. The molecule has 1 aromatic rings. The first kappa shape index (κ1) is 15.5. The van der Waals surface area contributed by atoms with E-state index in [2.05, 4.69) is 5.32 Å². The van der Waals surface area contributed by atoms with Crippen LogP contribution in [0.1, 0.15) is 32.3 Å². The zero-order chi connectivity index (χ0) is 14.5. The van der Waals surface area contributed by atoms with Crippen LogP contribution in [0.15, 0.2) is 24.3 Å². The first-order valence-corrected chi connectivity index (χ1v) is 6.70. The normalized spacial score (nSPS) is 13.7. The highest BCUT2D eigenvalue weighted by Crippen LogP contribution is 2.13. The van der Waals surface area contributed by atoms with Crippen LogP contribution in [-0.2, 0) is 11.3 Å². The van der Waals surface area contributed by atoms with E-state index in [1.807, 2.05) is 50.2 Å². The van der Waals surface area contributed by atoms with Crippen molar-refractivity contribution in [3.8, 4) is 0 Å². The SMILES string of the molecule is CCCC(C)(N)C(=O)NCc1ccc(N(C)C)cc1. The predicted octanol–water partition coefficient (Wildman–Crippen LogP) is 1.89. The molecule has 0 bridgehead atoms. The van der Waals surface area contributed by atoms with E-state index >= 15 is 0 Å². The topological polar surface area (TPSA) is 58.4 Å². The van der Waals surface area contributed by atoms with Gasteiger partial charge in [-0.05, 0) is 31.0 Å². The molecule has 0 aliphatic heterocycles. The molecule has 0 heterocycles. The van der Waals surface area contributed by atoms with E-state index in [0.717, 1.165) is 17.7 Å². The minimum Gasteiger partial charge on any atom is -0.378 e. The zero-order valence-corrected chi connectivity index (χ0v) is 12.4. The molecule has 0 aliphatic carbocycles. The van der Waals surface area contributed by atoms with Gasteiger partial charge in [-0.3, -0.25) is 4.79 Å². The van der Waals surface area contributed by atoms with Gasteiger partial charge in [-0.25, -0.2) is 0 Å². The van der Waals surface area contributed by atoms with Crippen molar-refractivity contribution >= 4 is 11.6 Å². The Morgan fingerprint density at radius 2 is 1.89 bits per heavy atom. The third kappa shape index (κ3) is 4.56. The molecule has 0 saturated heterocycles. The number of nitrogens with one attached hydrogen (secondary N) is 1. The molecule has 4 heteroatoms. The Morgan fingerprint density at radius 1 is 1.32 bits per heavy atom. The highest BCUT2D eigenvalue weighted by Gasteiger charge is 2.26. The van der Waals surface area contributed by atoms with Crippen molar-refractivity contribution in [2.45, 2.75) is 38.8 Å². The van der Waals surface area contributed by atoms with Gasteiger partial charge in [-0.2, -0.15) is 0 Å². The summed E-state index contributed by atoms with van der Waals surface area (Å²) in [5.74, 6) is -0.0916. The molecule has 0 fully saturated rings. The number of amides is 1. The van der Waals surface area contributed by atoms with Gasteiger partial charge >= 0.3 is 0 Å². The Morgan fingerprint density at radius 3 is 2.37 bits per heavy atom. The molecule has 1 unspecified atom stereocenters. The number of anilines is 1. The lowest BCUT2D eigenvalue weighted by Gasteiger charge is -2.23. The Bertz CT molecular complexity index is 410. The van der Waals surface area contributed by atoms with Gasteiger partial charge in [-0.15, -0.1) is 0 Å². The molecular formula is C15H25N3O. The van der Waals surface area contributed by atoms with Crippen LogP contribution in [-0.4, -0.2) is 25.5 Å². The molecule has 0 spiro atoms. The second kappa shape index (κ2) is 6.57. The molecule has 1 amide bonds. The quantitative estimate of drug-likeness (QED) is 0.824. The third-order valence-corrected chi connectivity index (χ3v) is 3.19. The molecule has 4 nitrogen and oxygen atoms in total. The number of benzene rings is 1. The fourth-order valence-corrected chi connectivity index (χ4v) is 1.93. The number of rotatable bonds is 6. The van der Waals surface area contributed by atoms with Gasteiger partial charge in [0.1, 0.15) is 0 Å². The molecule has 1 aromatic carbocycles. The third-order valence-electron chi connectivity index (χ3n) is 3.19. The molecule has 3 N–H and O–H groups in total. The van der Waals surface area contributed by atoms with E-state index in [1.165, 1.54) is 0 Å². The Balaban J connectivity index is 2.55. The van der Waals surface area contributed by atoms with E-state index < -0.39 is 5.54 Å². The number of nitrogens with zero attached hydrogens (tertiary/aromatic N) is 1. The first-order valence-electron chi connectivity index (χ1n) is 6.70. The van der Waals surface area contributed by atoms with Crippen LogP contribution in [0.2, 0.25) is 0 Å². The summed E-state index contributed by atoms with van der Waals surface area (Å²) in [6.07, 6.45) is 1.59. The van der Waals surface area contributed by atoms with Crippen LogP contribution in [0.25, 0.3) is 0 Å². The highest BCUT2D eigenvalue weighted by molar-refractivity contribution is 5.85. The standard InChI is InChI=1S/C15H25N3O/c1-5-10-15(2,16)14(19)17-11-12-6-8-13(9-7-12)18(3)4/h6-9H,5,10-11,16H2,1-4H3,(H,17,19). The molecular weight excluding hydrogens is 238 g/mol. The summed E-state index contributed by atoms with van der Waals surface area (Å²) in [6, 6.07) is 8.11. The van der Waals surface area contributed by atoms with Crippen molar-refractivity contribution in [1.82, 2.24) is 5.32 Å². The molecule has 0 saturated carbocycles. The van der Waals surface area contributed by atoms with Crippen molar-refractivity contribution in [3.63, 3.8) is 0 Å². The highest BCUT2D eigenvalue weighted by atomic mass is 16.2. The largest absolute Gasteiger partial charge is 0.378 e. The summed E-state index contributed by atoms with van der Waals surface area (Å²) in [4.78, 5) is 14.0. The second-order valence-electron chi connectivity index (χ2n) is 5.41. The van der Waals surface area contributed by atoms with Crippen LogP contribution in [0.5, 0.6) is 0 Å². The van der Waals surface area contributed by atoms with Gasteiger partial charge in [0.15, 0.2) is 0 Å². The lowest BCUT2D eigenvalue weighted by Crippen LogP contribution is -2.51. The molecule has 0 aromatic heterocycles. The summed E-state index contributed by atoms with van der Waals surface area (Å²) in [5.41, 5.74) is 7.42. The monoisotopic (exact) mass is 263 g/mol. The number of hydrogen-bond acceptors (Lipinski definition) is 3. The lowest BCUT2D eigenvalue weighted by atomic mass is 9.96. The van der Waals surface area contributed by atoms with E-state index in [4.69, 9.17) is 5.73 Å². The minimum atomic E-state index is -0.779. The van der Waals surface area contributed by atoms with Crippen LogP contribution >= 0.6 is 0 Å². The van der Waals surface area contributed by atoms with Gasteiger partial charge < -0.3 is 16.0 Å². The van der Waals surface area contributed by atoms with Crippen molar-refractivity contribution in [3.05, 3.63) is 29.8 Å². The van der Waals surface area contributed by atoms with Crippen molar-refractivity contribution in [2.75, 3.05) is 19.0 Å². The van der Waals surface area contributed by atoms with Crippen LogP contribution < -0.4 is 16.0 Å². The minimum absolute atomic E-state index is 0.0916. The van der Waals surface area contributed by atoms with Gasteiger partial charge in [0.2, 0.25) is 5.91 Å². The molecule has 19 heavy (non-hydrogen) atoms. The van der Waals surface area contributed by atoms with E-state index in [9.17, 15) is 4.79 Å². The maximum absolute atomic E-state index is 12.0. The predicted molar refractivity (Wildman–Crippen MR) is 80.1 cm³/mol. The van der Waals surface area contributed by atoms with Crippen molar-refractivity contribution in [2.24, 2.45) is 5.73 Å². The Labute approximate surface area is 116 Å². The van der Waals surface area contributed by atoms with Gasteiger partial charge in [-0.1, -0.05) is 25.5 Å². The number of carbonyl (C=O) groups excluding carboxylic acids is 1. The molecule has 1 rings (SSSR count). The van der Waals surface area contributed by atoms with Crippen LogP contribution in [0.3, 0.4) is 0 Å². The Hall–Kier alpha value is -1.55. The van der Waals surface area contributed by atoms with Crippen molar-refractivity contribution in [1.29, 1.82) is 0 Å². The Kier molecular flexibility index (Phi) is 5.36. The van der Waals surface area contributed by atoms with Crippen molar-refractivity contribution < 1.29 is 4.79 Å². The fraction of sp³-hybridized carbons (Fsp3) is 0.533. The number of carbonyl (C=O) groups is 1. The summed E-state index contributed by atoms with van der Waals surface area (Å²) in [6.45, 7) is 4.32. The number of hydrogen-bond donors (Lipinski definition) is 2. The summed E-state index contributed by atoms with van der Waals surface area (Å²) >= 11 is 0. The summed E-state index contributed by atoms with van der Waals surface area (Å²) in [7, 11) is 4.00. The smallest absolute Gasteiger partial charge is 0.240 e. The first-order chi connectivity index (χ1) is 8.86. The maximum atomic E-state index is 12.0. The van der Waals surface area contributed by atoms with Gasteiger partial charge in [0.05, 0.1) is 5.54 Å². The van der Waals surface area contributed by atoms with Gasteiger partial charge in [0, 0.05) is 26.3 Å². The summed E-state index contributed by atoms with van der Waals surface area (Å²) < 4.78 is 0. The average molecular weight is 263 g/mol. The van der Waals surface area contributed by atoms with E-state index in [-0.39, 0.29) is 5.91 Å².